The number of hydrogen-bond acceptors (Lipinski definition) is 5. The van der Waals surface area contributed by atoms with Crippen LogP contribution in [0, 0.1) is 0 Å². The Morgan fingerprint density at radius 3 is 2.52 bits per heavy atom. The van der Waals surface area contributed by atoms with E-state index < -0.39 is 41.7 Å². The summed E-state index contributed by atoms with van der Waals surface area (Å²) in [6.45, 7) is -0.536. The fourth-order valence-electron chi connectivity index (χ4n) is 1.72. The van der Waals surface area contributed by atoms with Gasteiger partial charge in [-0.25, -0.2) is 21.6 Å². The van der Waals surface area contributed by atoms with Gasteiger partial charge in [0.1, 0.15) is 4.88 Å². The Hall–Kier alpha value is -0.690. The Kier molecular flexibility index (Phi) is 4.37. The first-order valence-corrected chi connectivity index (χ1v) is 9.63. The second-order valence-corrected chi connectivity index (χ2v) is 9.04. The lowest BCUT2D eigenvalue weighted by Gasteiger charge is -2.17. The number of thiophene rings is 1. The Morgan fingerprint density at radius 2 is 1.95 bits per heavy atom. The maximum atomic E-state index is 12.5. The van der Waals surface area contributed by atoms with Crippen molar-refractivity contribution in [2.45, 2.75) is 11.1 Å². The second-order valence-electron chi connectivity index (χ2n) is 4.26. The molecule has 0 atom stereocenters. The highest BCUT2D eigenvalue weighted by atomic mass is 32.2. The van der Waals surface area contributed by atoms with Crippen molar-refractivity contribution in [1.29, 1.82) is 0 Å². The Bertz CT molecular complexity index is 724. The van der Waals surface area contributed by atoms with Gasteiger partial charge in [0.2, 0.25) is 20.0 Å². The van der Waals surface area contributed by atoms with Crippen molar-refractivity contribution in [1.82, 2.24) is 9.03 Å². The van der Waals surface area contributed by atoms with Gasteiger partial charge in [-0.05, 0) is 6.07 Å². The van der Waals surface area contributed by atoms with Crippen LogP contribution in [-0.2, 0) is 26.2 Å². The third-order valence-electron chi connectivity index (χ3n) is 2.79. The van der Waals surface area contributed by atoms with E-state index in [9.17, 15) is 30.0 Å². The molecule has 1 aromatic rings. The van der Waals surface area contributed by atoms with Crippen molar-refractivity contribution in [2.24, 2.45) is 0 Å². The molecule has 2 rings (SSSR count). The van der Waals surface area contributed by atoms with E-state index in [1.807, 2.05) is 0 Å². The molecule has 0 aliphatic carbocycles. The van der Waals surface area contributed by atoms with Crippen molar-refractivity contribution in [3.63, 3.8) is 0 Å². The van der Waals surface area contributed by atoms with Gasteiger partial charge in [0.15, 0.2) is 0 Å². The van der Waals surface area contributed by atoms with E-state index in [0.717, 1.165) is 9.69 Å². The molecule has 0 bridgehead atoms. The molecule has 0 aromatic carbocycles. The number of nitrogens with zero attached hydrogens (tertiary/aromatic N) is 1. The predicted molar refractivity (Wildman–Crippen MR) is 69.9 cm³/mol. The number of alkyl halides is 3. The summed E-state index contributed by atoms with van der Waals surface area (Å²) in [6, 6.07) is 0.562. The van der Waals surface area contributed by atoms with Crippen LogP contribution in [0.3, 0.4) is 0 Å². The lowest BCUT2D eigenvalue weighted by atomic mass is 10.5. The lowest BCUT2D eigenvalue weighted by Crippen LogP contribution is -2.34. The molecule has 120 valence electrons. The standard InChI is InChI=1S/C9H11F3N2O4S3/c10-9(11,12)8-5-7(6-19-8)21(17,18)14-2-1-13-20(15,16)4-3-14/h5-6,13H,1-4H2. The van der Waals surface area contributed by atoms with Gasteiger partial charge < -0.3 is 0 Å². The molecule has 0 amide bonds. The average molecular weight is 364 g/mol. The zero-order valence-electron chi connectivity index (χ0n) is 10.4. The molecule has 12 heteroatoms. The van der Waals surface area contributed by atoms with Gasteiger partial charge in [-0.2, -0.15) is 17.5 Å². The quantitative estimate of drug-likeness (QED) is 0.837. The topological polar surface area (TPSA) is 83.6 Å². The van der Waals surface area contributed by atoms with Gasteiger partial charge >= 0.3 is 6.18 Å². The van der Waals surface area contributed by atoms with E-state index in [-0.39, 0.29) is 31.0 Å². The van der Waals surface area contributed by atoms with Crippen molar-refractivity contribution >= 4 is 31.4 Å². The molecule has 6 nitrogen and oxygen atoms in total. The summed E-state index contributed by atoms with van der Waals surface area (Å²) in [4.78, 5) is -1.49. The monoisotopic (exact) mass is 364 g/mol. The molecule has 1 N–H and O–H groups in total. The van der Waals surface area contributed by atoms with E-state index >= 15 is 0 Å². The fourth-order valence-corrected chi connectivity index (χ4v) is 5.42. The molecule has 1 aromatic heterocycles. The van der Waals surface area contributed by atoms with Crippen LogP contribution in [0.1, 0.15) is 4.88 Å². The number of hydrogen-bond donors (Lipinski definition) is 1. The van der Waals surface area contributed by atoms with Gasteiger partial charge in [0.25, 0.3) is 0 Å². The maximum absolute atomic E-state index is 12.5. The second kappa shape index (κ2) is 5.50. The first-order valence-electron chi connectivity index (χ1n) is 5.65. The van der Waals surface area contributed by atoms with Crippen LogP contribution in [-0.4, -0.2) is 46.5 Å². The largest absolute Gasteiger partial charge is 0.425 e. The van der Waals surface area contributed by atoms with Crippen LogP contribution in [0.25, 0.3) is 0 Å². The van der Waals surface area contributed by atoms with Crippen LogP contribution in [0.2, 0.25) is 0 Å². The summed E-state index contributed by atoms with van der Waals surface area (Å²) in [7, 11) is -7.68. The van der Waals surface area contributed by atoms with E-state index in [4.69, 9.17) is 0 Å². The summed E-state index contributed by atoms with van der Waals surface area (Å²) in [5.41, 5.74) is 0. The van der Waals surface area contributed by atoms with Crippen LogP contribution >= 0.6 is 11.3 Å². The van der Waals surface area contributed by atoms with Crippen molar-refractivity contribution < 1.29 is 30.0 Å². The van der Waals surface area contributed by atoms with Crippen LogP contribution in [0.5, 0.6) is 0 Å². The lowest BCUT2D eigenvalue weighted by molar-refractivity contribution is -0.134. The summed E-state index contributed by atoms with van der Waals surface area (Å²) in [5, 5.41) is 0.908. The van der Waals surface area contributed by atoms with E-state index in [0.29, 0.717) is 6.07 Å². The third kappa shape index (κ3) is 3.74. The van der Waals surface area contributed by atoms with Crippen LogP contribution < -0.4 is 4.72 Å². The van der Waals surface area contributed by atoms with Crippen LogP contribution in [0.4, 0.5) is 13.2 Å². The van der Waals surface area contributed by atoms with E-state index in [1.54, 1.807) is 0 Å². The average Bonchev–Trinajstić information content (AvgIpc) is 2.76. The number of halogens is 3. The van der Waals surface area contributed by atoms with Crippen LogP contribution in [0.15, 0.2) is 16.3 Å². The molecule has 21 heavy (non-hydrogen) atoms. The van der Waals surface area contributed by atoms with Gasteiger partial charge in [-0.15, -0.1) is 11.3 Å². The molecular formula is C9H11F3N2O4S3. The maximum Gasteiger partial charge on any atom is 0.425 e. The minimum absolute atomic E-state index is 0.113. The van der Waals surface area contributed by atoms with Crippen molar-refractivity contribution in [3.8, 4) is 0 Å². The molecule has 1 aliphatic heterocycles. The van der Waals surface area contributed by atoms with E-state index in [1.165, 1.54) is 0 Å². The number of nitrogens with one attached hydrogen (secondary N) is 1. The smallest absolute Gasteiger partial charge is 0.214 e. The molecule has 1 saturated heterocycles. The summed E-state index contributed by atoms with van der Waals surface area (Å²) < 4.78 is 87.7. The highest BCUT2D eigenvalue weighted by Crippen LogP contribution is 2.35. The zero-order chi connectivity index (χ0) is 15.9. The van der Waals surface area contributed by atoms with Crippen molar-refractivity contribution in [2.75, 3.05) is 25.4 Å². The predicted octanol–water partition coefficient (Wildman–Crippen LogP) is 0.691. The molecular weight excluding hydrogens is 353 g/mol. The normalized spacial score (nSPS) is 21.1. The summed E-state index contributed by atoms with van der Waals surface area (Å²) in [6.07, 6.45) is -4.61. The molecule has 2 heterocycles. The third-order valence-corrected chi connectivity index (χ3v) is 7.15. The molecule has 0 saturated carbocycles. The van der Waals surface area contributed by atoms with Gasteiger partial charge in [-0.1, -0.05) is 0 Å². The van der Waals surface area contributed by atoms with E-state index in [2.05, 4.69) is 4.72 Å². The first kappa shape index (κ1) is 16.7. The highest BCUT2D eigenvalue weighted by molar-refractivity contribution is 7.90. The highest BCUT2D eigenvalue weighted by Gasteiger charge is 2.36. The SMILES string of the molecule is O=S1(=O)CCN(S(=O)(=O)c2csc(C(F)(F)F)c2)CCN1. The number of rotatable bonds is 2. The molecule has 1 fully saturated rings. The Morgan fingerprint density at radius 1 is 1.29 bits per heavy atom. The summed E-state index contributed by atoms with van der Waals surface area (Å²) >= 11 is 0.288. The van der Waals surface area contributed by atoms with Gasteiger partial charge in [0.05, 0.1) is 10.6 Å². The molecule has 0 unspecified atom stereocenters. The minimum Gasteiger partial charge on any atom is -0.214 e. The number of sulfonamides is 2. The van der Waals surface area contributed by atoms with Crippen molar-refractivity contribution in [3.05, 3.63) is 16.3 Å². The Balaban J connectivity index is 2.28. The molecule has 1 aliphatic rings. The molecule has 0 radical (unpaired) electrons. The van der Waals surface area contributed by atoms with Gasteiger partial charge in [-0.3, -0.25) is 0 Å². The minimum atomic E-state index is -4.61. The van der Waals surface area contributed by atoms with Gasteiger partial charge in [0, 0.05) is 25.0 Å². The molecule has 0 spiro atoms. The zero-order valence-corrected chi connectivity index (χ0v) is 12.9. The summed E-state index contributed by atoms with van der Waals surface area (Å²) in [5.74, 6) is -0.428. The first-order chi connectivity index (χ1) is 9.52. The fraction of sp³-hybridized carbons (Fsp3) is 0.556. The Labute approximate surface area is 123 Å².